The largest absolute Gasteiger partial charge is 0.479 e. The fourth-order valence-corrected chi connectivity index (χ4v) is 0.820. The molecular formula is C9H12F3NO3. The van der Waals surface area contributed by atoms with Crippen LogP contribution in [-0.2, 0) is 9.59 Å². The molecule has 7 heteroatoms. The van der Waals surface area contributed by atoms with E-state index in [1.165, 1.54) is 11.4 Å². The van der Waals surface area contributed by atoms with Crippen LogP contribution in [0, 0.1) is 0 Å². The molecular weight excluding hydrogens is 227 g/mol. The normalized spacial score (nSPS) is 15.0. The Balaban J connectivity index is 4.77. The fourth-order valence-electron chi connectivity index (χ4n) is 0.820. The summed E-state index contributed by atoms with van der Waals surface area (Å²) in [7, 11) is 0. The average Bonchev–Trinajstić information content (AvgIpc) is 2.12. The van der Waals surface area contributed by atoms with E-state index in [0.717, 1.165) is 0 Å². The number of halogens is 3. The Morgan fingerprint density at radius 1 is 1.44 bits per heavy atom. The van der Waals surface area contributed by atoms with E-state index in [1.807, 2.05) is 0 Å². The lowest BCUT2D eigenvalue weighted by Gasteiger charge is -2.28. The Labute approximate surface area is 90.1 Å². The number of aliphatic carboxylic acids is 1. The highest BCUT2D eigenvalue weighted by molar-refractivity contribution is 5.87. The maximum atomic E-state index is 12.4. The third kappa shape index (κ3) is 3.25. The second-order valence-electron chi connectivity index (χ2n) is 3.30. The van der Waals surface area contributed by atoms with Gasteiger partial charge in [0, 0.05) is 6.42 Å². The molecule has 0 fully saturated rings. The van der Waals surface area contributed by atoms with Crippen molar-refractivity contribution in [1.82, 2.24) is 5.32 Å². The number of rotatable bonds is 5. The number of carboxylic acids is 1. The smallest absolute Gasteiger partial charge is 0.422 e. The number of alkyl halides is 3. The van der Waals surface area contributed by atoms with Gasteiger partial charge in [-0.15, -0.1) is 6.58 Å². The van der Waals surface area contributed by atoms with E-state index in [1.54, 1.807) is 0 Å². The number of hydrogen-bond acceptors (Lipinski definition) is 2. The summed E-state index contributed by atoms with van der Waals surface area (Å²) >= 11 is 0. The molecule has 0 aromatic rings. The van der Waals surface area contributed by atoms with E-state index in [9.17, 15) is 22.8 Å². The van der Waals surface area contributed by atoms with Crippen LogP contribution >= 0.6 is 0 Å². The first-order valence-electron chi connectivity index (χ1n) is 4.37. The first kappa shape index (κ1) is 14.5. The van der Waals surface area contributed by atoms with Crippen molar-refractivity contribution in [3.63, 3.8) is 0 Å². The van der Waals surface area contributed by atoms with Crippen molar-refractivity contribution in [1.29, 1.82) is 0 Å². The Kier molecular flexibility index (Phi) is 4.52. The zero-order valence-corrected chi connectivity index (χ0v) is 8.60. The minimum Gasteiger partial charge on any atom is -0.479 e. The van der Waals surface area contributed by atoms with E-state index in [4.69, 9.17) is 5.11 Å². The average molecular weight is 239 g/mol. The quantitative estimate of drug-likeness (QED) is 0.714. The summed E-state index contributed by atoms with van der Waals surface area (Å²) in [6, 6.07) is 0. The van der Waals surface area contributed by atoms with E-state index >= 15 is 0 Å². The van der Waals surface area contributed by atoms with E-state index in [-0.39, 0.29) is 12.8 Å². The molecule has 1 atom stereocenters. The number of carboxylic acid groups (broad SMARTS) is 1. The molecule has 92 valence electrons. The highest BCUT2D eigenvalue weighted by Gasteiger charge is 2.58. The fraction of sp³-hybridized carbons (Fsp3) is 0.556. The molecule has 0 saturated heterocycles. The summed E-state index contributed by atoms with van der Waals surface area (Å²) in [5, 5.41) is 9.94. The van der Waals surface area contributed by atoms with Gasteiger partial charge in [0.1, 0.15) is 0 Å². The van der Waals surface area contributed by atoms with Crippen LogP contribution in [0.3, 0.4) is 0 Å². The first-order chi connectivity index (χ1) is 7.15. The third-order valence-electron chi connectivity index (χ3n) is 1.96. The molecule has 0 aliphatic rings. The number of amides is 1. The van der Waals surface area contributed by atoms with Crippen molar-refractivity contribution >= 4 is 11.9 Å². The maximum Gasteiger partial charge on any atom is 0.422 e. The first-order valence-corrected chi connectivity index (χ1v) is 4.37. The SMILES string of the molecule is C=CCCC(=O)NC(C)(C(=O)O)C(F)(F)F. The predicted molar refractivity (Wildman–Crippen MR) is 49.7 cm³/mol. The number of allylic oxidation sites excluding steroid dienone is 1. The van der Waals surface area contributed by atoms with Gasteiger partial charge in [-0.3, -0.25) is 4.79 Å². The summed E-state index contributed by atoms with van der Waals surface area (Å²) in [4.78, 5) is 21.6. The van der Waals surface area contributed by atoms with Gasteiger partial charge in [0.2, 0.25) is 11.4 Å². The van der Waals surface area contributed by atoms with Gasteiger partial charge in [-0.2, -0.15) is 13.2 Å². The molecule has 0 aromatic heterocycles. The van der Waals surface area contributed by atoms with Gasteiger partial charge < -0.3 is 10.4 Å². The number of hydrogen-bond donors (Lipinski definition) is 2. The molecule has 0 rings (SSSR count). The van der Waals surface area contributed by atoms with Crippen LogP contribution in [0.15, 0.2) is 12.7 Å². The van der Waals surface area contributed by atoms with Crippen molar-refractivity contribution in [3.05, 3.63) is 12.7 Å². The zero-order valence-electron chi connectivity index (χ0n) is 8.60. The molecule has 16 heavy (non-hydrogen) atoms. The summed E-state index contributed by atoms with van der Waals surface area (Å²) in [5.41, 5.74) is -3.26. The summed E-state index contributed by atoms with van der Waals surface area (Å²) in [5.74, 6) is -3.13. The minimum atomic E-state index is -5.05. The van der Waals surface area contributed by atoms with Gasteiger partial charge in [-0.1, -0.05) is 6.08 Å². The molecule has 1 unspecified atom stereocenters. The van der Waals surface area contributed by atoms with E-state index in [2.05, 4.69) is 6.58 Å². The van der Waals surface area contributed by atoms with E-state index < -0.39 is 23.6 Å². The summed E-state index contributed by atoms with van der Waals surface area (Å²) in [6.45, 7) is 3.70. The molecule has 0 heterocycles. The molecule has 0 aliphatic heterocycles. The molecule has 2 N–H and O–H groups in total. The Bertz CT molecular complexity index is 301. The van der Waals surface area contributed by atoms with Crippen LogP contribution < -0.4 is 5.32 Å². The van der Waals surface area contributed by atoms with Gasteiger partial charge >= 0.3 is 12.1 Å². The van der Waals surface area contributed by atoms with Crippen molar-refractivity contribution in [2.24, 2.45) is 0 Å². The van der Waals surface area contributed by atoms with Crippen molar-refractivity contribution in [2.45, 2.75) is 31.5 Å². The second kappa shape index (κ2) is 5.00. The van der Waals surface area contributed by atoms with Crippen LogP contribution in [0.2, 0.25) is 0 Å². The summed E-state index contributed by atoms with van der Waals surface area (Å²) in [6.07, 6.45) is -3.75. The van der Waals surface area contributed by atoms with Gasteiger partial charge in [0.15, 0.2) is 0 Å². The number of carbonyl (C=O) groups is 2. The highest BCUT2D eigenvalue weighted by atomic mass is 19.4. The Morgan fingerprint density at radius 3 is 2.25 bits per heavy atom. The van der Waals surface area contributed by atoms with Crippen molar-refractivity contribution < 1.29 is 27.9 Å². The lowest BCUT2D eigenvalue weighted by molar-refractivity contribution is -0.206. The van der Waals surface area contributed by atoms with Gasteiger partial charge in [-0.05, 0) is 13.3 Å². The zero-order chi connectivity index (χ0) is 13.0. The molecule has 0 aliphatic carbocycles. The molecule has 4 nitrogen and oxygen atoms in total. The maximum absolute atomic E-state index is 12.4. The van der Waals surface area contributed by atoms with Crippen LogP contribution in [0.5, 0.6) is 0 Å². The Hall–Kier alpha value is -1.53. The lowest BCUT2D eigenvalue weighted by atomic mass is 10.0. The summed E-state index contributed by atoms with van der Waals surface area (Å²) < 4.78 is 37.3. The van der Waals surface area contributed by atoms with Gasteiger partial charge in [0.25, 0.3) is 0 Å². The number of carbonyl (C=O) groups excluding carboxylic acids is 1. The minimum absolute atomic E-state index is 0.180. The van der Waals surface area contributed by atoms with Crippen molar-refractivity contribution in [2.75, 3.05) is 0 Å². The Morgan fingerprint density at radius 2 is 1.94 bits per heavy atom. The van der Waals surface area contributed by atoms with Crippen LogP contribution in [-0.4, -0.2) is 28.7 Å². The molecule has 0 radical (unpaired) electrons. The van der Waals surface area contributed by atoms with Crippen LogP contribution in [0.1, 0.15) is 19.8 Å². The highest BCUT2D eigenvalue weighted by Crippen LogP contribution is 2.30. The van der Waals surface area contributed by atoms with Crippen molar-refractivity contribution in [3.8, 4) is 0 Å². The predicted octanol–water partition coefficient (Wildman–Crippen LogP) is 1.47. The lowest BCUT2D eigenvalue weighted by Crippen LogP contribution is -2.61. The molecule has 0 aromatic carbocycles. The monoisotopic (exact) mass is 239 g/mol. The third-order valence-corrected chi connectivity index (χ3v) is 1.96. The molecule has 0 spiro atoms. The molecule has 1 amide bonds. The number of nitrogens with one attached hydrogen (secondary N) is 1. The topological polar surface area (TPSA) is 66.4 Å². The van der Waals surface area contributed by atoms with Gasteiger partial charge in [0.05, 0.1) is 0 Å². The van der Waals surface area contributed by atoms with E-state index in [0.29, 0.717) is 6.92 Å². The van der Waals surface area contributed by atoms with Crippen LogP contribution in [0.4, 0.5) is 13.2 Å². The second-order valence-corrected chi connectivity index (χ2v) is 3.30. The standard InChI is InChI=1S/C9H12F3NO3/c1-3-4-5-6(14)13-8(2,7(15)16)9(10,11)12/h3H,1,4-5H2,2H3,(H,13,14)(H,15,16). The molecule has 0 saturated carbocycles. The molecule has 0 bridgehead atoms. The van der Waals surface area contributed by atoms with Crippen LogP contribution in [0.25, 0.3) is 0 Å². The van der Waals surface area contributed by atoms with Gasteiger partial charge in [-0.25, -0.2) is 4.79 Å².